The number of methoxy groups -OCH3 is 1. The van der Waals surface area contributed by atoms with Crippen LogP contribution < -0.4 is 5.32 Å². The van der Waals surface area contributed by atoms with Crippen LogP contribution >= 0.6 is 0 Å². The highest BCUT2D eigenvalue weighted by Gasteiger charge is 2.21. The number of morpholine rings is 1. The van der Waals surface area contributed by atoms with Gasteiger partial charge < -0.3 is 19.3 Å². The van der Waals surface area contributed by atoms with Gasteiger partial charge in [0, 0.05) is 26.7 Å². The van der Waals surface area contributed by atoms with Crippen LogP contribution in [0.3, 0.4) is 0 Å². The molecule has 1 aromatic rings. The van der Waals surface area contributed by atoms with Gasteiger partial charge >= 0.3 is 0 Å². The molecule has 0 amide bonds. The molecule has 0 radical (unpaired) electrons. The molecule has 2 atom stereocenters. The van der Waals surface area contributed by atoms with Gasteiger partial charge in [-0.05, 0) is 5.92 Å². The van der Waals surface area contributed by atoms with Crippen LogP contribution in [0.2, 0.25) is 0 Å². The fourth-order valence-electron chi connectivity index (χ4n) is 1.87. The number of ether oxygens (including phenoxy) is 2. The van der Waals surface area contributed by atoms with Gasteiger partial charge in [0.1, 0.15) is 0 Å². The zero-order chi connectivity index (χ0) is 12.1. The molecular weight excluding hydrogens is 222 g/mol. The highest BCUT2D eigenvalue weighted by Crippen LogP contribution is 2.14. The van der Waals surface area contributed by atoms with E-state index in [0.717, 1.165) is 19.6 Å². The maximum absolute atomic E-state index is 5.36. The first-order valence-corrected chi connectivity index (χ1v) is 5.92. The van der Waals surface area contributed by atoms with Gasteiger partial charge in [-0.25, -0.2) is 0 Å². The van der Waals surface area contributed by atoms with Gasteiger partial charge in [0.25, 0.3) is 0 Å². The van der Waals surface area contributed by atoms with Gasteiger partial charge in [0.15, 0.2) is 5.82 Å². The lowest BCUT2D eigenvalue weighted by Gasteiger charge is -2.20. The largest absolute Gasteiger partial charge is 0.384 e. The second-order valence-electron chi connectivity index (χ2n) is 4.39. The lowest BCUT2D eigenvalue weighted by atomic mass is 10.1. The summed E-state index contributed by atoms with van der Waals surface area (Å²) in [5, 5.41) is 7.28. The van der Waals surface area contributed by atoms with Gasteiger partial charge in [-0.1, -0.05) is 12.1 Å². The highest BCUT2D eigenvalue weighted by molar-refractivity contribution is 4.96. The van der Waals surface area contributed by atoms with Gasteiger partial charge in [0.05, 0.1) is 19.3 Å². The van der Waals surface area contributed by atoms with E-state index in [1.807, 2.05) is 0 Å². The molecule has 1 aromatic heterocycles. The number of rotatable bonds is 5. The standard InChI is InChI=1S/C11H19N3O3/c1-8(6-15-2)5-10-13-11(14-17-10)9-7-16-4-3-12-9/h8-9,12H,3-7H2,1-2H3. The van der Waals surface area contributed by atoms with Crippen LogP contribution in [0.1, 0.15) is 24.7 Å². The summed E-state index contributed by atoms with van der Waals surface area (Å²) in [6.45, 7) is 4.96. The molecule has 6 nitrogen and oxygen atoms in total. The molecule has 1 N–H and O–H groups in total. The minimum atomic E-state index is 0.0546. The first-order valence-electron chi connectivity index (χ1n) is 5.92. The normalized spacial score (nSPS) is 22.6. The smallest absolute Gasteiger partial charge is 0.227 e. The maximum Gasteiger partial charge on any atom is 0.227 e. The zero-order valence-corrected chi connectivity index (χ0v) is 10.3. The Hall–Kier alpha value is -0.980. The predicted molar refractivity (Wildman–Crippen MR) is 60.6 cm³/mol. The molecule has 17 heavy (non-hydrogen) atoms. The Kier molecular flexibility index (Phi) is 4.47. The average Bonchev–Trinajstić information content (AvgIpc) is 2.79. The molecule has 1 fully saturated rings. The van der Waals surface area contributed by atoms with Crippen LogP contribution in [-0.2, 0) is 15.9 Å². The first-order chi connectivity index (χ1) is 8.29. The molecule has 0 bridgehead atoms. The van der Waals surface area contributed by atoms with Crippen LogP contribution in [0, 0.1) is 5.92 Å². The van der Waals surface area contributed by atoms with Crippen molar-refractivity contribution in [3.8, 4) is 0 Å². The summed E-state index contributed by atoms with van der Waals surface area (Å²) in [4.78, 5) is 4.38. The fraction of sp³-hybridized carbons (Fsp3) is 0.818. The number of nitrogens with one attached hydrogen (secondary N) is 1. The topological polar surface area (TPSA) is 69.4 Å². The number of hydrogen-bond donors (Lipinski definition) is 1. The molecule has 96 valence electrons. The van der Waals surface area contributed by atoms with Crippen LogP contribution in [0.25, 0.3) is 0 Å². The second kappa shape index (κ2) is 6.09. The van der Waals surface area contributed by atoms with Crippen molar-refractivity contribution < 1.29 is 14.0 Å². The molecule has 6 heteroatoms. The Labute approximate surface area is 101 Å². The Morgan fingerprint density at radius 3 is 3.18 bits per heavy atom. The van der Waals surface area contributed by atoms with E-state index >= 15 is 0 Å². The Morgan fingerprint density at radius 2 is 2.47 bits per heavy atom. The van der Waals surface area contributed by atoms with Gasteiger partial charge in [-0.2, -0.15) is 4.98 Å². The molecule has 1 aliphatic heterocycles. The molecule has 2 rings (SSSR count). The minimum Gasteiger partial charge on any atom is -0.384 e. The van der Waals surface area contributed by atoms with E-state index in [1.54, 1.807) is 7.11 Å². The third-order valence-corrected chi connectivity index (χ3v) is 2.69. The van der Waals surface area contributed by atoms with Crippen molar-refractivity contribution in [2.24, 2.45) is 5.92 Å². The number of hydrogen-bond acceptors (Lipinski definition) is 6. The van der Waals surface area contributed by atoms with Crippen molar-refractivity contribution in [1.82, 2.24) is 15.5 Å². The molecule has 2 heterocycles. The molecule has 0 spiro atoms. The molecule has 0 aliphatic carbocycles. The lowest BCUT2D eigenvalue weighted by Crippen LogP contribution is -2.35. The summed E-state index contributed by atoms with van der Waals surface area (Å²) in [6, 6.07) is 0.0546. The zero-order valence-electron chi connectivity index (χ0n) is 10.3. The van der Waals surface area contributed by atoms with Crippen LogP contribution in [0.5, 0.6) is 0 Å². The fourth-order valence-corrected chi connectivity index (χ4v) is 1.87. The Bertz CT molecular complexity index is 336. The maximum atomic E-state index is 5.36. The third-order valence-electron chi connectivity index (χ3n) is 2.69. The van der Waals surface area contributed by atoms with E-state index in [-0.39, 0.29) is 6.04 Å². The van der Waals surface area contributed by atoms with Gasteiger partial charge in [-0.3, -0.25) is 0 Å². The molecule has 0 saturated carbocycles. The second-order valence-corrected chi connectivity index (χ2v) is 4.39. The lowest BCUT2D eigenvalue weighted by molar-refractivity contribution is 0.0734. The summed E-state index contributed by atoms with van der Waals surface area (Å²) in [6.07, 6.45) is 0.744. The van der Waals surface area contributed by atoms with Crippen molar-refractivity contribution in [1.29, 1.82) is 0 Å². The van der Waals surface area contributed by atoms with Crippen LogP contribution in [0.4, 0.5) is 0 Å². The van der Waals surface area contributed by atoms with Gasteiger partial charge in [0.2, 0.25) is 5.89 Å². The Balaban J connectivity index is 1.90. The van der Waals surface area contributed by atoms with Crippen molar-refractivity contribution in [2.45, 2.75) is 19.4 Å². The van der Waals surface area contributed by atoms with Crippen molar-refractivity contribution >= 4 is 0 Å². The summed E-state index contributed by atoms with van der Waals surface area (Å²) in [5.74, 6) is 1.73. The number of aromatic nitrogens is 2. The monoisotopic (exact) mass is 241 g/mol. The predicted octanol–water partition coefficient (Wildman–Crippen LogP) is 0.556. The third kappa shape index (κ3) is 3.49. The van der Waals surface area contributed by atoms with E-state index < -0.39 is 0 Å². The number of nitrogens with zero attached hydrogens (tertiary/aromatic N) is 2. The molecular formula is C11H19N3O3. The van der Waals surface area contributed by atoms with E-state index in [0.29, 0.717) is 30.8 Å². The first kappa shape index (κ1) is 12.5. The van der Waals surface area contributed by atoms with E-state index in [4.69, 9.17) is 14.0 Å². The van der Waals surface area contributed by atoms with E-state index in [9.17, 15) is 0 Å². The van der Waals surface area contributed by atoms with Crippen molar-refractivity contribution in [2.75, 3.05) is 33.5 Å². The molecule has 0 aromatic carbocycles. The van der Waals surface area contributed by atoms with Crippen molar-refractivity contribution in [3.63, 3.8) is 0 Å². The van der Waals surface area contributed by atoms with E-state index in [1.165, 1.54) is 0 Å². The van der Waals surface area contributed by atoms with E-state index in [2.05, 4.69) is 22.4 Å². The average molecular weight is 241 g/mol. The Morgan fingerprint density at radius 1 is 1.59 bits per heavy atom. The van der Waals surface area contributed by atoms with Crippen molar-refractivity contribution in [3.05, 3.63) is 11.7 Å². The summed E-state index contributed by atoms with van der Waals surface area (Å²) in [5.41, 5.74) is 0. The summed E-state index contributed by atoms with van der Waals surface area (Å²) in [7, 11) is 1.69. The highest BCUT2D eigenvalue weighted by atomic mass is 16.5. The quantitative estimate of drug-likeness (QED) is 0.812. The molecule has 1 aliphatic rings. The minimum absolute atomic E-state index is 0.0546. The van der Waals surface area contributed by atoms with Crippen LogP contribution in [0.15, 0.2) is 4.52 Å². The van der Waals surface area contributed by atoms with Crippen LogP contribution in [-0.4, -0.2) is 43.6 Å². The molecule has 1 saturated heterocycles. The van der Waals surface area contributed by atoms with Gasteiger partial charge in [-0.15, -0.1) is 0 Å². The molecule has 2 unspecified atom stereocenters. The summed E-state index contributed by atoms with van der Waals surface area (Å²) < 4.78 is 15.7. The summed E-state index contributed by atoms with van der Waals surface area (Å²) >= 11 is 0. The SMILES string of the molecule is COCC(C)Cc1nc(C2COCCN2)no1.